The van der Waals surface area contributed by atoms with Gasteiger partial charge in [0.05, 0.1) is 0 Å². The maximum atomic E-state index is 11.4. The van der Waals surface area contributed by atoms with Crippen molar-refractivity contribution in [2.45, 2.75) is 12.8 Å². The number of amides is 1. The quantitative estimate of drug-likeness (QED) is 0.723. The van der Waals surface area contributed by atoms with E-state index < -0.39 is 5.97 Å². The van der Waals surface area contributed by atoms with Gasteiger partial charge in [0.2, 0.25) is 5.91 Å². The number of hydrogen-bond acceptors (Lipinski definition) is 4. The van der Waals surface area contributed by atoms with Crippen LogP contribution in [0.4, 0.5) is 0 Å². The second kappa shape index (κ2) is 9.25. The third-order valence-corrected chi connectivity index (χ3v) is 3.17. The molecule has 0 heterocycles. The van der Waals surface area contributed by atoms with E-state index in [0.717, 1.165) is 17.7 Å². The molecular weight excluding hydrogens is 278 g/mol. The lowest BCUT2D eigenvalue weighted by Gasteiger charge is -2.06. The number of ether oxygens (including phenoxy) is 1. The number of carbonyl (C=O) groups excluding carboxylic acids is 1. The van der Waals surface area contributed by atoms with Gasteiger partial charge in [0.15, 0.2) is 6.61 Å². The Morgan fingerprint density at radius 3 is 2.60 bits per heavy atom. The molecule has 0 bridgehead atoms. The fraction of sp³-hybridized carbons (Fsp3) is 0.429. The standard InChI is InChI=1S/C14H19NO4S/c1-20-9-7-13(16)15-8-6-11-2-4-12(5-3-11)19-10-14(17)18/h2-5H,6-10H2,1H3,(H,15,16)(H,17,18). The Morgan fingerprint density at radius 2 is 2.00 bits per heavy atom. The Bertz CT molecular complexity index is 433. The average Bonchev–Trinajstić information content (AvgIpc) is 2.44. The highest BCUT2D eigenvalue weighted by Crippen LogP contribution is 2.12. The van der Waals surface area contributed by atoms with E-state index in [1.165, 1.54) is 0 Å². The third kappa shape index (κ3) is 7.04. The second-order valence-electron chi connectivity index (χ2n) is 4.17. The van der Waals surface area contributed by atoms with Gasteiger partial charge in [0.25, 0.3) is 0 Å². The molecule has 1 amide bonds. The number of thioether (sulfide) groups is 1. The Balaban J connectivity index is 2.27. The van der Waals surface area contributed by atoms with Gasteiger partial charge >= 0.3 is 5.97 Å². The van der Waals surface area contributed by atoms with Gasteiger partial charge in [-0.15, -0.1) is 0 Å². The van der Waals surface area contributed by atoms with Crippen LogP contribution in [0.15, 0.2) is 24.3 Å². The van der Waals surface area contributed by atoms with Crippen molar-refractivity contribution >= 4 is 23.6 Å². The molecule has 5 nitrogen and oxygen atoms in total. The summed E-state index contributed by atoms with van der Waals surface area (Å²) in [6.45, 7) is 0.257. The zero-order chi connectivity index (χ0) is 14.8. The normalized spacial score (nSPS) is 10.1. The lowest BCUT2D eigenvalue weighted by molar-refractivity contribution is -0.139. The van der Waals surface area contributed by atoms with Crippen LogP contribution >= 0.6 is 11.8 Å². The van der Waals surface area contributed by atoms with Crippen LogP contribution in [-0.2, 0) is 16.0 Å². The van der Waals surface area contributed by atoms with E-state index in [4.69, 9.17) is 9.84 Å². The molecule has 20 heavy (non-hydrogen) atoms. The van der Waals surface area contributed by atoms with E-state index in [-0.39, 0.29) is 12.5 Å². The highest BCUT2D eigenvalue weighted by molar-refractivity contribution is 7.98. The van der Waals surface area contributed by atoms with Gasteiger partial charge in [-0.1, -0.05) is 12.1 Å². The molecule has 1 rings (SSSR count). The molecule has 0 saturated heterocycles. The van der Waals surface area contributed by atoms with Crippen LogP contribution in [0.2, 0.25) is 0 Å². The first kappa shape index (κ1) is 16.4. The van der Waals surface area contributed by atoms with Crippen LogP contribution in [0.1, 0.15) is 12.0 Å². The Morgan fingerprint density at radius 1 is 1.30 bits per heavy atom. The number of hydrogen-bond donors (Lipinski definition) is 2. The summed E-state index contributed by atoms with van der Waals surface area (Å²) in [4.78, 5) is 21.7. The molecule has 6 heteroatoms. The molecule has 0 aromatic heterocycles. The smallest absolute Gasteiger partial charge is 0.341 e. The minimum Gasteiger partial charge on any atom is -0.482 e. The summed E-state index contributed by atoms with van der Waals surface area (Å²) in [7, 11) is 0. The molecule has 1 aromatic carbocycles. The molecule has 0 aliphatic rings. The van der Waals surface area contributed by atoms with Crippen molar-refractivity contribution < 1.29 is 19.4 Å². The van der Waals surface area contributed by atoms with Crippen molar-refractivity contribution in [2.75, 3.05) is 25.2 Å². The van der Waals surface area contributed by atoms with Crippen LogP contribution < -0.4 is 10.1 Å². The summed E-state index contributed by atoms with van der Waals surface area (Å²) in [5, 5.41) is 11.4. The summed E-state index contributed by atoms with van der Waals surface area (Å²) >= 11 is 1.65. The number of nitrogens with one attached hydrogen (secondary N) is 1. The summed E-state index contributed by atoms with van der Waals surface area (Å²) in [6, 6.07) is 7.19. The average molecular weight is 297 g/mol. The molecule has 0 fully saturated rings. The zero-order valence-electron chi connectivity index (χ0n) is 11.4. The van der Waals surface area contributed by atoms with Crippen molar-refractivity contribution in [3.05, 3.63) is 29.8 Å². The van der Waals surface area contributed by atoms with Gasteiger partial charge in [-0.2, -0.15) is 11.8 Å². The fourth-order valence-corrected chi connectivity index (χ4v) is 1.92. The van der Waals surface area contributed by atoms with Gasteiger partial charge in [0, 0.05) is 18.7 Å². The maximum absolute atomic E-state index is 11.4. The molecule has 0 radical (unpaired) electrons. The summed E-state index contributed by atoms with van der Waals surface area (Å²) in [6.07, 6.45) is 3.26. The van der Waals surface area contributed by atoms with Gasteiger partial charge in [0.1, 0.15) is 5.75 Å². The van der Waals surface area contributed by atoms with Crippen LogP contribution in [0.25, 0.3) is 0 Å². The van der Waals surface area contributed by atoms with Gasteiger partial charge in [-0.25, -0.2) is 4.79 Å². The number of carboxylic acids is 1. The zero-order valence-corrected chi connectivity index (χ0v) is 12.2. The van der Waals surface area contributed by atoms with Crippen molar-refractivity contribution in [2.24, 2.45) is 0 Å². The van der Waals surface area contributed by atoms with Gasteiger partial charge < -0.3 is 15.2 Å². The fourth-order valence-electron chi connectivity index (χ4n) is 1.53. The summed E-state index contributed by atoms with van der Waals surface area (Å²) in [5.74, 6) is 0.435. The topological polar surface area (TPSA) is 75.6 Å². The highest BCUT2D eigenvalue weighted by atomic mass is 32.2. The van der Waals surface area contributed by atoms with Crippen molar-refractivity contribution in [3.8, 4) is 5.75 Å². The SMILES string of the molecule is CSCCC(=O)NCCc1ccc(OCC(=O)O)cc1. The summed E-state index contributed by atoms with van der Waals surface area (Å²) < 4.78 is 5.04. The molecule has 0 aliphatic carbocycles. The molecular formula is C14H19NO4S. The van der Waals surface area contributed by atoms with E-state index in [2.05, 4.69) is 5.32 Å². The lowest BCUT2D eigenvalue weighted by atomic mass is 10.1. The first-order valence-corrected chi connectivity index (χ1v) is 7.70. The molecule has 1 aromatic rings. The van der Waals surface area contributed by atoms with Crippen LogP contribution in [0.5, 0.6) is 5.75 Å². The molecule has 0 unspecified atom stereocenters. The second-order valence-corrected chi connectivity index (χ2v) is 5.15. The molecule has 0 atom stereocenters. The molecule has 110 valence electrons. The maximum Gasteiger partial charge on any atom is 0.341 e. The molecule has 0 aliphatic heterocycles. The van der Waals surface area contributed by atoms with Crippen molar-refractivity contribution in [1.29, 1.82) is 0 Å². The van der Waals surface area contributed by atoms with Gasteiger partial charge in [-0.05, 0) is 30.4 Å². The third-order valence-electron chi connectivity index (χ3n) is 2.55. The number of carbonyl (C=O) groups is 2. The van der Waals surface area contributed by atoms with Crippen LogP contribution in [0.3, 0.4) is 0 Å². The Labute approximate surface area is 122 Å². The number of rotatable bonds is 9. The summed E-state index contributed by atoms with van der Waals surface area (Å²) in [5.41, 5.74) is 1.07. The monoisotopic (exact) mass is 297 g/mol. The molecule has 2 N–H and O–H groups in total. The predicted molar refractivity (Wildman–Crippen MR) is 79.3 cm³/mol. The molecule has 0 spiro atoms. The lowest BCUT2D eigenvalue weighted by Crippen LogP contribution is -2.25. The highest BCUT2D eigenvalue weighted by Gasteiger charge is 2.01. The van der Waals surface area contributed by atoms with E-state index in [0.29, 0.717) is 18.7 Å². The van der Waals surface area contributed by atoms with Crippen molar-refractivity contribution in [3.63, 3.8) is 0 Å². The van der Waals surface area contributed by atoms with E-state index in [1.54, 1.807) is 23.9 Å². The predicted octanol–water partition coefficient (Wildman–Crippen LogP) is 1.56. The van der Waals surface area contributed by atoms with Crippen molar-refractivity contribution in [1.82, 2.24) is 5.32 Å². The number of benzene rings is 1. The van der Waals surface area contributed by atoms with Crippen LogP contribution in [-0.4, -0.2) is 42.1 Å². The Hall–Kier alpha value is -1.69. The Kier molecular flexibility index (Phi) is 7.57. The first-order valence-electron chi connectivity index (χ1n) is 6.31. The van der Waals surface area contributed by atoms with E-state index in [1.807, 2.05) is 18.4 Å². The van der Waals surface area contributed by atoms with Gasteiger partial charge in [-0.3, -0.25) is 4.79 Å². The molecule has 0 saturated carbocycles. The minimum absolute atomic E-state index is 0.0701. The largest absolute Gasteiger partial charge is 0.482 e. The minimum atomic E-state index is -0.998. The first-order chi connectivity index (χ1) is 9.61. The number of aliphatic carboxylic acids is 1. The van der Waals surface area contributed by atoms with E-state index in [9.17, 15) is 9.59 Å². The van der Waals surface area contributed by atoms with E-state index >= 15 is 0 Å². The number of carboxylic acid groups (broad SMARTS) is 1. The van der Waals surface area contributed by atoms with Crippen LogP contribution in [0, 0.1) is 0 Å².